The largest absolute Gasteiger partial charge is 0.476 e. The van der Waals surface area contributed by atoms with Crippen molar-refractivity contribution in [3.63, 3.8) is 0 Å². The Labute approximate surface area is 122 Å². The highest BCUT2D eigenvalue weighted by molar-refractivity contribution is 5.49. The summed E-state index contributed by atoms with van der Waals surface area (Å²) < 4.78 is 11.3. The van der Waals surface area contributed by atoms with Gasteiger partial charge >= 0.3 is 0 Å². The molecule has 114 valence electrons. The van der Waals surface area contributed by atoms with Gasteiger partial charge in [0.2, 0.25) is 11.8 Å². The molecule has 0 saturated heterocycles. The molecule has 0 amide bonds. The number of pyridine rings is 1. The summed E-state index contributed by atoms with van der Waals surface area (Å²) in [6.07, 6.45) is 7.17. The van der Waals surface area contributed by atoms with Crippen LogP contribution in [0.15, 0.2) is 12.1 Å². The number of anilines is 1. The fraction of sp³-hybridized carbons (Fsp3) is 0.688. The topological polar surface area (TPSA) is 57.4 Å². The fourth-order valence-corrected chi connectivity index (χ4v) is 1.94. The van der Waals surface area contributed by atoms with Crippen LogP contribution in [0.5, 0.6) is 11.8 Å². The zero-order chi connectivity index (χ0) is 14.8. The molecular formula is C16H28N2O2. The Balaban J connectivity index is 2.46. The van der Waals surface area contributed by atoms with E-state index in [9.17, 15) is 0 Å². The van der Waals surface area contributed by atoms with Gasteiger partial charge in [-0.15, -0.1) is 0 Å². The third kappa shape index (κ3) is 6.13. The van der Waals surface area contributed by atoms with E-state index in [2.05, 4.69) is 25.8 Å². The second-order valence-electron chi connectivity index (χ2n) is 5.17. The highest BCUT2D eigenvalue weighted by atomic mass is 16.5. The third-order valence-electron chi connectivity index (χ3n) is 3.09. The van der Waals surface area contributed by atoms with Gasteiger partial charge in [0.05, 0.1) is 18.4 Å². The van der Waals surface area contributed by atoms with Gasteiger partial charge in [0.25, 0.3) is 0 Å². The molecule has 0 spiro atoms. The van der Waals surface area contributed by atoms with Gasteiger partial charge in [-0.3, -0.25) is 0 Å². The van der Waals surface area contributed by atoms with Gasteiger partial charge in [0, 0.05) is 6.07 Å². The van der Waals surface area contributed by atoms with E-state index in [4.69, 9.17) is 15.2 Å². The maximum atomic E-state index is 5.83. The summed E-state index contributed by atoms with van der Waals surface area (Å²) in [5, 5.41) is 0. The van der Waals surface area contributed by atoms with E-state index in [0.717, 1.165) is 12.8 Å². The Morgan fingerprint density at radius 1 is 1.15 bits per heavy atom. The Morgan fingerprint density at radius 2 is 1.95 bits per heavy atom. The lowest BCUT2D eigenvalue weighted by Gasteiger charge is -2.15. The van der Waals surface area contributed by atoms with Crippen molar-refractivity contribution in [1.82, 2.24) is 4.98 Å². The highest BCUT2D eigenvalue weighted by Crippen LogP contribution is 2.23. The minimum atomic E-state index is 0.169. The zero-order valence-electron chi connectivity index (χ0n) is 13.0. The van der Waals surface area contributed by atoms with Crippen molar-refractivity contribution in [3.05, 3.63) is 12.1 Å². The second-order valence-corrected chi connectivity index (χ2v) is 5.17. The van der Waals surface area contributed by atoms with Gasteiger partial charge in [-0.25, -0.2) is 0 Å². The number of ether oxygens (including phenoxy) is 2. The van der Waals surface area contributed by atoms with E-state index in [-0.39, 0.29) is 6.10 Å². The van der Waals surface area contributed by atoms with E-state index >= 15 is 0 Å². The Morgan fingerprint density at radius 3 is 2.65 bits per heavy atom. The van der Waals surface area contributed by atoms with E-state index < -0.39 is 0 Å². The third-order valence-corrected chi connectivity index (χ3v) is 3.09. The van der Waals surface area contributed by atoms with Crippen LogP contribution in [0.2, 0.25) is 0 Å². The van der Waals surface area contributed by atoms with Crippen molar-refractivity contribution in [1.29, 1.82) is 0 Å². The maximum Gasteiger partial charge on any atom is 0.240 e. The molecule has 20 heavy (non-hydrogen) atoms. The molecule has 1 heterocycles. The van der Waals surface area contributed by atoms with Crippen molar-refractivity contribution < 1.29 is 9.47 Å². The summed E-state index contributed by atoms with van der Waals surface area (Å²) in [4.78, 5) is 4.32. The average Bonchev–Trinajstić information content (AvgIpc) is 2.44. The fourth-order valence-electron chi connectivity index (χ4n) is 1.94. The summed E-state index contributed by atoms with van der Waals surface area (Å²) in [6, 6.07) is 3.59. The van der Waals surface area contributed by atoms with E-state index in [1.807, 2.05) is 0 Å². The number of aromatic nitrogens is 1. The van der Waals surface area contributed by atoms with Crippen molar-refractivity contribution in [2.45, 2.75) is 65.4 Å². The van der Waals surface area contributed by atoms with E-state index in [0.29, 0.717) is 24.1 Å². The van der Waals surface area contributed by atoms with Crippen LogP contribution >= 0.6 is 0 Å². The number of unbranched alkanes of at least 4 members (excludes halogenated alkanes) is 3. The first-order valence-electron chi connectivity index (χ1n) is 7.73. The van der Waals surface area contributed by atoms with Crippen LogP contribution in [-0.4, -0.2) is 17.7 Å². The number of nitrogens with zero attached hydrogens (tertiary/aromatic N) is 1. The Hall–Kier alpha value is -1.45. The molecule has 0 fully saturated rings. The predicted molar refractivity (Wildman–Crippen MR) is 83.3 cm³/mol. The minimum Gasteiger partial charge on any atom is -0.476 e. The molecule has 0 aliphatic rings. The molecule has 0 aromatic carbocycles. The molecule has 1 atom stereocenters. The normalized spacial score (nSPS) is 12.2. The van der Waals surface area contributed by atoms with Crippen molar-refractivity contribution in [2.24, 2.45) is 0 Å². The average molecular weight is 280 g/mol. The van der Waals surface area contributed by atoms with Gasteiger partial charge in [-0.1, -0.05) is 33.1 Å². The smallest absolute Gasteiger partial charge is 0.240 e. The van der Waals surface area contributed by atoms with Crippen molar-refractivity contribution >= 4 is 5.69 Å². The van der Waals surface area contributed by atoms with Crippen LogP contribution in [-0.2, 0) is 0 Å². The number of rotatable bonds is 10. The molecule has 1 unspecified atom stereocenters. The van der Waals surface area contributed by atoms with Crippen molar-refractivity contribution in [3.8, 4) is 11.8 Å². The first kappa shape index (κ1) is 16.6. The molecular weight excluding hydrogens is 252 g/mol. The van der Waals surface area contributed by atoms with Crippen LogP contribution in [0.25, 0.3) is 0 Å². The van der Waals surface area contributed by atoms with Gasteiger partial charge in [0.1, 0.15) is 0 Å². The number of hydrogen-bond acceptors (Lipinski definition) is 4. The van der Waals surface area contributed by atoms with E-state index in [1.54, 1.807) is 12.1 Å². The lowest BCUT2D eigenvalue weighted by molar-refractivity contribution is 0.194. The SMILES string of the molecule is CCCCCCC(C)Oc1ccc(N)c(OCCC)n1. The molecule has 2 N–H and O–H groups in total. The Kier molecular flexibility index (Phi) is 7.85. The first-order valence-corrected chi connectivity index (χ1v) is 7.73. The minimum absolute atomic E-state index is 0.169. The van der Waals surface area contributed by atoms with E-state index in [1.165, 1.54) is 25.7 Å². The summed E-state index contributed by atoms with van der Waals surface area (Å²) in [5.41, 5.74) is 6.39. The van der Waals surface area contributed by atoms with Gasteiger partial charge in [0.15, 0.2) is 0 Å². The molecule has 0 aliphatic heterocycles. The number of hydrogen-bond donors (Lipinski definition) is 1. The van der Waals surface area contributed by atoms with Crippen LogP contribution in [0.3, 0.4) is 0 Å². The van der Waals surface area contributed by atoms with Gasteiger partial charge in [-0.2, -0.15) is 4.98 Å². The zero-order valence-corrected chi connectivity index (χ0v) is 13.0. The molecule has 1 aromatic rings. The Bertz CT molecular complexity index is 383. The van der Waals surface area contributed by atoms with Crippen LogP contribution in [0.4, 0.5) is 5.69 Å². The second kappa shape index (κ2) is 9.45. The lowest BCUT2D eigenvalue weighted by Crippen LogP contribution is -2.13. The maximum absolute atomic E-state index is 5.83. The van der Waals surface area contributed by atoms with Crippen LogP contribution in [0.1, 0.15) is 59.3 Å². The van der Waals surface area contributed by atoms with Crippen LogP contribution in [0, 0.1) is 0 Å². The first-order chi connectivity index (χ1) is 9.67. The molecule has 4 heteroatoms. The van der Waals surface area contributed by atoms with Crippen LogP contribution < -0.4 is 15.2 Å². The van der Waals surface area contributed by atoms with Gasteiger partial charge < -0.3 is 15.2 Å². The number of nitrogen functional groups attached to an aromatic ring is 1. The summed E-state index contributed by atoms with van der Waals surface area (Å²) >= 11 is 0. The molecule has 0 aliphatic carbocycles. The molecule has 4 nitrogen and oxygen atoms in total. The standard InChI is InChI=1S/C16H28N2O2/c1-4-6-7-8-9-13(3)20-15-11-10-14(17)16(18-15)19-12-5-2/h10-11,13H,4-9,12,17H2,1-3H3. The monoisotopic (exact) mass is 280 g/mol. The molecule has 0 bridgehead atoms. The summed E-state index contributed by atoms with van der Waals surface area (Å²) in [5.74, 6) is 1.07. The molecule has 1 aromatic heterocycles. The molecule has 0 radical (unpaired) electrons. The summed E-state index contributed by atoms with van der Waals surface area (Å²) in [6.45, 7) is 6.97. The highest BCUT2D eigenvalue weighted by Gasteiger charge is 2.08. The molecule has 0 saturated carbocycles. The van der Waals surface area contributed by atoms with Crippen molar-refractivity contribution in [2.75, 3.05) is 12.3 Å². The quantitative estimate of drug-likeness (QED) is 0.653. The number of nitrogens with two attached hydrogens (primary N) is 1. The lowest BCUT2D eigenvalue weighted by atomic mass is 10.1. The summed E-state index contributed by atoms with van der Waals surface area (Å²) in [7, 11) is 0. The molecule has 1 rings (SSSR count). The van der Waals surface area contributed by atoms with Gasteiger partial charge in [-0.05, 0) is 32.3 Å². The predicted octanol–water partition coefficient (Wildman–Crippen LogP) is 4.19.